The summed E-state index contributed by atoms with van der Waals surface area (Å²) in [5, 5.41) is 4.22. The second kappa shape index (κ2) is 11.1. The van der Waals surface area contributed by atoms with Gasteiger partial charge in [0.05, 0.1) is 23.1 Å². The number of carbonyl (C=O) groups is 3. The number of aromatic nitrogens is 1. The summed E-state index contributed by atoms with van der Waals surface area (Å²) in [6.45, 7) is 3.67. The lowest BCUT2D eigenvalue weighted by atomic mass is 10.1. The number of aryl methyl sites for hydroxylation is 1. The molecule has 0 aliphatic carbocycles. The molecule has 0 unspecified atom stereocenters. The first-order chi connectivity index (χ1) is 17.9. The highest BCUT2D eigenvalue weighted by atomic mass is 35.5. The summed E-state index contributed by atoms with van der Waals surface area (Å²) < 4.78 is 7.54. The van der Waals surface area contributed by atoms with Gasteiger partial charge in [-0.3, -0.25) is 19.3 Å². The molecule has 192 valence electrons. The fourth-order valence-electron chi connectivity index (χ4n) is 4.78. The summed E-state index contributed by atoms with van der Waals surface area (Å²) in [5.74, 6) is -0.417. The number of carbonyl (C=O) groups excluding carboxylic acids is 3. The summed E-state index contributed by atoms with van der Waals surface area (Å²) in [5.41, 5.74) is 3.70. The smallest absolute Gasteiger partial charge is 0.293 e. The lowest BCUT2D eigenvalue weighted by molar-refractivity contribution is -0.123. The molecule has 1 atom stereocenters. The van der Waals surface area contributed by atoms with Crippen LogP contribution in [0.5, 0.6) is 0 Å². The van der Waals surface area contributed by atoms with E-state index in [1.54, 1.807) is 30.3 Å². The summed E-state index contributed by atoms with van der Waals surface area (Å²) in [7, 11) is 0. The van der Waals surface area contributed by atoms with Crippen molar-refractivity contribution in [2.45, 2.75) is 45.4 Å². The molecule has 9 heteroatoms. The zero-order valence-corrected chi connectivity index (χ0v) is 22.1. The van der Waals surface area contributed by atoms with Crippen LogP contribution in [0.2, 0.25) is 5.02 Å². The van der Waals surface area contributed by atoms with Gasteiger partial charge in [0.1, 0.15) is 6.54 Å². The van der Waals surface area contributed by atoms with Gasteiger partial charge in [-0.15, -0.1) is 0 Å². The molecule has 0 radical (unpaired) electrons. The van der Waals surface area contributed by atoms with Crippen LogP contribution < -0.4 is 5.32 Å². The number of nitrogens with zero attached hydrogens (tertiary/aromatic N) is 2. The predicted molar refractivity (Wildman–Crippen MR) is 146 cm³/mol. The summed E-state index contributed by atoms with van der Waals surface area (Å²) in [6.07, 6.45) is 6.52. The third-order valence-corrected chi connectivity index (χ3v) is 7.83. The first-order valence-electron chi connectivity index (χ1n) is 12.4. The maximum Gasteiger partial charge on any atom is 0.293 e. The predicted octanol–water partition coefficient (Wildman–Crippen LogP) is 5.39. The van der Waals surface area contributed by atoms with Crippen molar-refractivity contribution in [3.63, 3.8) is 0 Å². The molecule has 1 aromatic heterocycles. The van der Waals surface area contributed by atoms with Crippen LogP contribution in [0.3, 0.4) is 0 Å². The summed E-state index contributed by atoms with van der Waals surface area (Å²) in [6, 6.07) is 13.1. The molecule has 7 nitrogen and oxygen atoms in total. The van der Waals surface area contributed by atoms with Crippen LogP contribution in [-0.4, -0.2) is 45.8 Å². The fraction of sp³-hybridized carbons (Fsp3) is 0.321. The minimum Gasteiger partial charge on any atom is -0.376 e. The molecule has 3 aromatic rings. The van der Waals surface area contributed by atoms with Gasteiger partial charge in [0.15, 0.2) is 0 Å². The number of imide groups is 1. The van der Waals surface area contributed by atoms with Crippen molar-refractivity contribution >= 4 is 57.4 Å². The van der Waals surface area contributed by atoms with Gasteiger partial charge in [-0.1, -0.05) is 48.9 Å². The lowest BCUT2D eigenvalue weighted by Crippen LogP contribution is -2.34. The van der Waals surface area contributed by atoms with Crippen molar-refractivity contribution in [2.75, 3.05) is 13.2 Å². The third-order valence-electron chi connectivity index (χ3n) is 6.67. The van der Waals surface area contributed by atoms with Gasteiger partial charge in [-0.2, -0.15) is 0 Å². The van der Waals surface area contributed by atoms with Crippen LogP contribution in [-0.2, 0) is 33.8 Å². The molecule has 2 aliphatic rings. The van der Waals surface area contributed by atoms with E-state index in [1.807, 2.05) is 29.0 Å². The normalized spacial score (nSPS) is 18.9. The Morgan fingerprint density at radius 1 is 1.22 bits per heavy atom. The number of rotatable bonds is 8. The zero-order chi connectivity index (χ0) is 25.9. The monoisotopic (exact) mass is 537 g/mol. The lowest BCUT2D eigenvalue weighted by Gasteiger charge is -2.12. The van der Waals surface area contributed by atoms with Gasteiger partial charge in [-0.25, -0.2) is 0 Å². The second-order valence-corrected chi connectivity index (χ2v) is 10.6. The van der Waals surface area contributed by atoms with Gasteiger partial charge < -0.3 is 14.6 Å². The Hall–Kier alpha value is -3.07. The molecule has 1 N–H and O–H groups in total. The van der Waals surface area contributed by atoms with E-state index in [9.17, 15) is 14.4 Å². The fourth-order valence-corrected chi connectivity index (χ4v) is 5.74. The average Bonchev–Trinajstić information content (AvgIpc) is 3.60. The summed E-state index contributed by atoms with van der Waals surface area (Å²) in [4.78, 5) is 40.2. The Balaban J connectivity index is 1.40. The van der Waals surface area contributed by atoms with Crippen molar-refractivity contribution in [3.8, 4) is 0 Å². The quantitative estimate of drug-likeness (QED) is 0.390. The second-order valence-electron chi connectivity index (χ2n) is 9.21. The number of nitrogens with one attached hydrogen (secondary N) is 1. The van der Waals surface area contributed by atoms with E-state index in [1.165, 1.54) is 4.90 Å². The number of thioether (sulfide) groups is 1. The van der Waals surface area contributed by atoms with E-state index in [2.05, 4.69) is 12.2 Å². The van der Waals surface area contributed by atoms with Crippen LogP contribution in [0.15, 0.2) is 53.6 Å². The van der Waals surface area contributed by atoms with Crippen molar-refractivity contribution in [3.05, 3.63) is 75.3 Å². The van der Waals surface area contributed by atoms with Gasteiger partial charge in [0.2, 0.25) is 5.91 Å². The SMILES string of the molecule is CCc1cccc2c(/C=C3\SC(=O)N(Cc4ccc(Cl)cc4)C3=O)cn(CC(=O)NC[C@H]3CCCO3)c12. The molecule has 0 saturated carbocycles. The van der Waals surface area contributed by atoms with Crippen molar-refractivity contribution in [1.82, 2.24) is 14.8 Å². The topological polar surface area (TPSA) is 80.6 Å². The number of benzene rings is 2. The van der Waals surface area contributed by atoms with Crippen molar-refractivity contribution < 1.29 is 19.1 Å². The van der Waals surface area contributed by atoms with Crippen LogP contribution in [0.1, 0.15) is 36.5 Å². The molecule has 37 heavy (non-hydrogen) atoms. The molecule has 0 spiro atoms. The maximum atomic E-state index is 13.2. The minimum atomic E-state index is -0.327. The molecule has 2 aliphatic heterocycles. The van der Waals surface area contributed by atoms with Crippen LogP contribution >= 0.6 is 23.4 Å². The Kier molecular flexibility index (Phi) is 7.69. The number of hydrogen-bond acceptors (Lipinski definition) is 5. The van der Waals surface area contributed by atoms with E-state index >= 15 is 0 Å². The van der Waals surface area contributed by atoms with E-state index in [0.717, 1.165) is 65.2 Å². The van der Waals surface area contributed by atoms with E-state index < -0.39 is 0 Å². The number of ether oxygens (including phenoxy) is 1. The van der Waals surface area contributed by atoms with Gasteiger partial charge >= 0.3 is 0 Å². The molecule has 3 heterocycles. The third kappa shape index (κ3) is 5.61. The Morgan fingerprint density at radius 3 is 2.76 bits per heavy atom. The Bertz CT molecular complexity index is 1380. The van der Waals surface area contributed by atoms with Crippen LogP contribution in [0.25, 0.3) is 17.0 Å². The molecule has 2 saturated heterocycles. The minimum absolute atomic E-state index is 0.0793. The molecule has 0 bridgehead atoms. The first-order valence-corrected chi connectivity index (χ1v) is 13.6. The molecule has 5 rings (SSSR count). The van der Waals surface area contributed by atoms with Crippen LogP contribution in [0, 0.1) is 0 Å². The van der Waals surface area contributed by atoms with Crippen molar-refractivity contribution in [2.24, 2.45) is 0 Å². The van der Waals surface area contributed by atoms with Crippen LogP contribution in [0.4, 0.5) is 4.79 Å². The first kappa shape index (κ1) is 25.6. The highest BCUT2D eigenvalue weighted by Gasteiger charge is 2.35. The number of fused-ring (bicyclic) bond motifs is 1. The number of halogens is 1. The standard InChI is InChI=1S/C28H28ClN3O4S/c1-2-19-5-3-7-23-20(16-31(26(19)23)17-25(33)30-14-22-6-4-12-36-22)13-24-27(34)32(28(35)37-24)15-18-8-10-21(29)11-9-18/h3,5,7-11,13,16,22H,2,4,6,12,14-15,17H2,1H3,(H,30,33)/b24-13-/t22-/m1/s1. The molecule has 2 fully saturated rings. The summed E-state index contributed by atoms with van der Waals surface area (Å²) >= 11 is 6.89. The number of hydrogen-bond donors (Lipinski definition) is 1. The number of amides is 3. The highest BCUT2D eigenvalue weighted by molar-refractivity contribution is 8.18. The average molecular weight is 538 g/mol. The highest BCUT2D eigenvalue weighted by Crippen LogP contribution is 2.35. The van der Waals surface area contributed by atoms with Gasteiger partial charge in [0, 0.05) is 35.3 Å². The molecular formula is C28H28ClN3O4S. The molecular weight excluding hydrogens is 510 g/mol. The maximum absolute atomic E-state index is 13.2. The zero-order valence-electron chi connectivity index (χ0n) is 20.5. The van der Waals surface area contributed by atoms with E-state index in [4.69, 9.17) is 16.3 Å². The molecule has 3 amide bonds. The van der Waals surface area contributed by atoms with Crippen molar-refractivity contribution in [1.29, 1.82) is 0 Å². The number of para-hydroxylation sites is 1. The van der Waals surface area contributed by atoms with Gasteiger partial charge in [-0.05, 0) is 60.4 Å². The Morgan fingerprint density at radius 2 is 2.03 bits per heavy atom. The van der Waals surface area contributed by atoms with E-state index in [0.29, 0.717) is 16.5 Å². The Labute approximate surface area is 224 Å². The van der Waals surface area contributed by atoms with Gasteiger partial charge in [0.25, 0.3) is 11.1 Å². The largest absolute Gasteiger partial charge is 0.376 e. The van der Waals surface area contributed by atoms with E-state index in [-0.39, 0.29) is 36.2 Å². The molecule has 2 aromatic carbocycles.